The number of aromatic nitrogens is 1. The highest BCUT2D eigenvalue weighted by atomic mass is 16.5. The summed E-state index contributed by atoms with van der Waals surface area (Å²) in [5.41, 5.74) is 1.97. The lowest BCUT2D eigenvalue weighted by molar-refractivity contribution is 0.190. The number of aryl methyl sites for hydroxylation is 2. The number of nitrogens with one attached hydrogen (secondary N) is 1. The first kappa shape index (κ1) is 12.9. The molecular formula is C13H21N3O2. The van der Waals surface area contributed by atoms with Crippen LogP contribution in [0.25, 0.3) is 0 Å². The van der Waals surface area contributed by atoms with Gasteiger partial charge in [0, 0.05) is 18.2 Å². The van der Waals surface area contributed by atoms with Gasteiger partial charge in [-0.3, -0.25) is 0 Å². The molecule has 100 valence electrons. The number of hydrogen-bond acceptors (Lipinski definition) is 3. The lowest BCUT2D eigenvalue weighted by Gasteiger charge is -2.26. The maximum absolute atomic E-state index is 12.1. The molecule has 1 fully saturated rings. The van der Waals surface area contributed by atoms with Gasteiger partial charge in [-0.05, 0) is 40.5 Å². The predicted molar refractivity (Wildman–Crippen MR) is 68.3 cm³/mol. The Kier molecular flexibility index (Phi) is 3.59. The van der Waals surface area contributed by atoms with Crippen molar-refractivity contribution in [1.82, 2.24) is 15.4 Å². The Morgan fingerprint density at radius 2 is 2.22 bits per heavy atom. The minimum atomic E-state index is 0.00694. The van der Waals surface area contributed by atoms with Crippen LogP contribution >= 0.6 is 0 Å². The molecule has 0 radical (unpaired) electrons. The Morgan fingerprint density at radius 3 is 2.78 bits per heavy atom. The second-order valence-electron chi connectivity index (χ2n) is 5.19. The molecule has 5 nitrogen and oxygen atoms in total. The van der Waals surface area contributed by atoms with E-state index in [9.17, 15) is 4.79 Å². The van der Waals surface area contributed by atoms with Gasteiger partial charge in [0.05, 0.1) is 11.7 Å². The number of rotatable bonds is 2. The molecule has 1 aliphatic rings. The first-order chi connectivity index (χ1) is 8.50. The fourth-order valence-corrected chi connectivity index (χ4v) is 2.61. The van der Waals surface area contributed by atoms with Gasteiger partial charge < -0.3 is 14.7 Å². The van der Waals surface area contributed by atoms with Crippen LogP contribution in [0, 0.1) is 13.8 Å². The standard InChI is InChI=1S/C13H21N3O2/c1-8(2)14-13(17)16-7-5-6-11(16)12-9(3)15-18-10(12)4/h8,11H,5-7H2,1-4H3,(H,14,17)/t11-/m1/s1. The van der Waals surface area contributed by atoms with Crippen LogP contribution in [0.2, 0.25) is 0 Å². The maximum Gasteiger partial charge on any atom is 0.318 e. The van der Waals surface area contributed by atoms with Crippen molar-refractivity contribution in [1.29, 1.82) is 0 Å². The zero-order chi connectivity index (χ0) is 13.3. The van der Waals surface area contributed by atoms with E-state index in [1.807, 2.05) is 32.6 Å². The molecule has 1 N–H and O–H groups in total. The Morgan fingerprint density at radius 1 is 1.50 bits per heavy atom. The van der Waals surface area contributed by atoms with E-state index in [4.69, 9.17) is 4.52 Å². The molecule has 0 bridgehead atoms. The Bertz CT molecular complexity index is 420. The normalized spacial score (nSPS) is 19.6. The third kappa shape index (κ3) is 2.35. The van der Waals surface area contributed by atoms with Gasteiger partial charge in [0.25, 0.3) is 0 Å². The minimum absolute atomic E-state index is 0.00694. The summed E-state index contributed by atoms with van der Waals surface area (Å²) in [6.07, 6.45) is 2.01. The molecule has 1 atom stereocenters. The first-order valence-corrected chi connectivity index (χ1v) is 6.50. The van der Waals surface area contributed by atoms with Gasteiger partial charge in [-0.15, -0.1) is 0 Å². The average Bonchev–Trinajstić information content (AvgIpc) is 2.84. The van der Waals surface area contributed by atoms with E-state index in [1.165, 1.54) is 0 Å². The third-order valence-electron chi connectivity index (χ3n) is 3.35. The molecule has 1 saturated heterocycles. The van der Waals surface area contributed by atoms with E-state index in [1.54, 1.807) is 0 Å². The van der Waals surface area contributed by atoms with Gasteiger partial charge in [-0.25, -0.2) is 4.79 Å². The van der Waals surface area contributed by atoms with Gasteiger partial charge in [0.15, 0.2) is 0 Å². The maximum atomic E-state index is 12.1. The summed E-state index contributed by atoms with van der Waals surface area (Å²) in [6.45, 7) is 8.58. The summed E-state index contributed by atoms with van der Waals surface area (Å²) in [5, 5.41) is 6.93. The highest BCUT2D eigenvalue weighted by Gasteiger charge is 2.33. The van der Waals surface area contributed by atoms with Crippen molar-refractivity contribution in [2.75, 3.05) is 6.54 Å². The van der Waals surface area contributed by atoms with Gasteiger partial charge in [-0.2, -0.15) is 0 Å². The van der Waals surface area contributed by atoms with Crippen LogP contribution in [0.5, 0.6) is 0 Å². The van der Waals surface area contributed by atoms with Crippen molar-refractivity contribution in [2.24, 2.45) is 0 Å². The molecule has 2 amide bonds. The Balaban J connectivity index is 2.20. The van der Waals surface area contributed by atoms with Crippen molar-refractivity contribution in [3.05, 3.63) is 17.0 Å². The fraction of sp³-hybridized carbons (Fsp3) is 0.692. The summed E-state index contributed by atoms with van der Waals surface area (Å²) in [7, 11) is 0. The van der Waals surface area contributed by atoms with Crippen molar-refractivity contribution in [3.63, 3.8) is 0 Å². The number of likely N-dealkylation sites (tertiary alicyclic amines) is 1. The molecule has 2 heterocycles. The van der Waals surface area contributed by atoms with E-state index < -0.39 is 0 Å². The van der Waals surface area contributed by atoms with Crippen LogP contribution < -0.4 is 5.32 Å². The number of urea groups is 1. The van der Waals surface area contributed by atoms with Gasteiger partial charge in [-0.1, -0.05) is 5.16 Å². The zero-order valence-corrected chi connectivity index (χ0v) is 11.5. The molecule has 1 aliphatic heterocycles. The molecule has 0 unspecified atom stereocenters. The molecule has 0 saturated carbocycles. The Labute approximate surface area is 108 Å². The van der Waals surface area contributed by atoms with Crippen molar-refractivity contribution < 1.29 is 9.32 Å². The largest absolute Gasteiger partial charge is 0.361 e. The monoisotopic (exact) mass is 251 g/mol. The summed E-state index contributed by atoms with van der Waals surface area (Å²) in [4.78, 5) is 14.0. The summed E-state index contributed by atoms with van der Waals surface area (Å²) in [6, 6.07) is 0.269. The number of nitrogens with zero attached hydrogens (tertiary/aromatic N) is 2. The van der Waals surface area contributed by atoms with Crippen LogP contribution in [0.1, 0.15) is 49.7 Å². The molecule has 18 heavy (non-hydrogen) atoms. The van der Waals surface area contributed by atoms with E-state index >= 15 is 0 Å². The van der Waals surface area contributed by atoms with Gasteiger partial charge in [0.1, 0.15) is 5.76 Å². The zero-order valence-electron chi connectivity index (χ0n) is 11.5. The van der Waals surface area contributed by atoms with E-state index in [2.05, 4.69) is 10.5 Å². The second kappa shape index (κ2) is 5.00. The number of carbonyl (C=O) groups is 1. The smallest absolute Gasteiger partial charge is 0.318 e. The third-order valence-corrected chi connectivity index (χ3v) is 3.35. The molecule has 1 aromatic heterocycles. The van der Waals surface area contributed by atoms with Crippen molar-refractivity contribution in [3.8, 4) is 0 Å². The Hall–Kier alpha value is -1.52. The lowest BCUT2D eigenvalue weighted by Crippen LogP contribution is -2.42. The minimum Gasteiger partial charge on any atom is -0.361 e. The first-order valence-electron chi connectivity index (χ1n) is 6.50. The van der Waals surface area contributed by atoms with Crippen molar-refractivity contribution in [2.45, 2.75) is 52.6 Å². The van der Waals surface area contributed by atoms with E-state index in [-0.39, 0.29) is 18.1 Å². The molecule has 1 aromatic rings. The molecule has 5 heteroatoms. The van der Waals surface area contributed by atoms with Gasteiger partial charge >= 0.3 is 6.03 Å². The highest BCUT2D eigenvalue weighted by molar-refractivity contribution is 5.75. The van der Waals surface area contributed by atoms with E-state index in [0.29, 0.717) is 0 Å². The van der Waals surface area contributed by atoms with Crippen LogP contribution in [0.3, 0.4) is 0 Å². The summed E-state index contributed by atoms with van der Waals surface area (Å²) in [5.74, 6) is 0.821. The quantitative estimate of drug-likeness (QED) is 0.878. The van der Waals surface area contributed by atoms with Crippen LogP contribution in [-0.2, 0) is 0 Å². The molecule has 0 spiro atoms. The topological polar surface area (TPSA) is 58.4 Å². The number of hydrogen-bond donors (Lipinski definition) is 1. The summed E-state index contributed by atoms with van der Waals surface area (Å²) < 4.78 is 5.21. The van der Waals surface area contributed by atoms with Crippen molar-refractivity contribution >= 4 is 6.03 Å². The fourth-order valence-electron chi connectivity index (χ4n) is 2.61. The molecule has 0 aliphatic carbocycles. The van der Waals surface area contributed by atoms with Crippen LogP contribution in [0.15, 0.2) is 4.52 Å². The predicted octanol–water partition coefficient (Wildman–Crippen LogP) is 2.55. The number of carbonyl (C=O) groups excluding carboxylic acids is 1. The van der Waals surface area contributed by atoms with Crippen LogP contribution in [-0.4, -0.2) is 28.7 Å². The van der Waals surface area contributed by atoms with Gasteiger partial charge in [0.2, 0.25) is 0 Å². The SMILES string of the molecule is Cc1noc(C)c1[C@H]1CCCN1C(=O)NC(C)C. The summed E-state index contributed by atoms with van der Waals surface area (Å²) >= 11 is 0. The molecule has 0 aromatic carbocycles. The molecule has 2 rings (SSSR count). The molecular weight excluding hydrogens is 230 g/mol. The lowest BCUT2D eigenvalue weighted by atomic mass is 10.0. The second-order valence-corrected chi connectivity index (χ2v) is 5.19. The van der Waals surface area contributed by atoms with E-state index in [0.717, 1.165) is 36.4 Å². The van der Waals surface area contributed by atoms with Crippen LogP contribution in [0.4, 0.5) is 4.79 Å². The number of amides is 2. The average molecular weight is 251 g/mol. The highest BCUT2D eigenvalue weighted by Crippen LogP contribution is 2.35.